The molecule has 0 aliphatic carbocycles. The maximum Gasteiger partial charge on any atom is 0.0686 e. The molecule has 0 aromatic carbocycles. The molecule has 0 aromatic heterocycles. The lowest BCUT2D eigenvalue weighted by atomic mass is 9.86. The molecule has 1 fully saturated rings. The topological polar surface area (TPSA) is 58.3 Å². The minimum absolute atomic E-state index is 0.431. The quantitative estimate of drug-likeness (QED) is 0.523. The summed E-state index contributed by atoms with van der Waals surface area (Å²) in [5, 5.41) is 13.2. The third-order valence-corrected chi connectivity index (χ3v) is 2.38. The fourth-order valence-electron chi connectivity index (χ4n) is 1.79. The van der Waals surface area contributed by atoms with Gasteiger partial charge >= 0.3 is 0 Å². The van der Waals surface area contributed by atoms with Crippen LogP contribution in [0.2, 0.25) is 0 Å². The number of nitrogens with one attached hydrogen (secondary N) is 1. The summed E-state index contributed by atoms with van der Waals surface area (Å²) in [6, 6.07) is 0.431. The number of rotatable bonds is 2. The molecule has 0 saturated carbocycles. The van der Waals surface area contributed by atoms with Crippen molar-refractivity contribution >= 4 is 0 Å². The molecule has 2 atom stereocenters. The number of hydrogen-bond acceptors (Lipinski definition) is 3. The molecule has 1 aliphatic heterocycles. The molecule has 1 aliphatic rings. The van der Waals surface area contributed by atoms with Crippen molar-refractivity contribution in [1.82, 2.24) is 5.32 Å². The second-order valence-corrected chi connectivity index (χ2v) is 3.57. The van der Waals surface area contributed by atoms with Crippen LogP contribution in [0.15, 0.2) is 0 Å². The van der Waals surface area contributed by atoms with Gasteiger partial charge in [-0.25, -0.2) is 0 Å². The lowest BCUT2D eigenvalue weighted by Gasteiger charge is -2.36. The molecule has 1 heterocycles. The first-order valence-corrected chi connectivity index (χ1v) is 4.32. The van der Waals surface area contributed by atoms with Crippen molar-refractivity contribution in [2.75, 3.05) is 13.1 Å². The zero-order chi connectivity index (χ0) is 8.32. The van der Waals surface area contributed by atoms with E-state index in [0.29, 0.717) is 12.6 Å². The SMILES string of the molecule is CC1CC(O)(CCN)CCN1. The zero-order valence-corrected chi connectivity index (χ0v) is 7.14. The molecule has 4 N–H and O–H groups in total. The molecule has 3 heteroatoms. The maximum atomic E-state index is 9.92. The molecule has 1 rings (SSSR count). The average molecular weight is 158 g/mol. The third kappa shape index (κ3) is 2.43. The highest BCUT2D eigenvalue weighted by molar-refractivity contribution is 4.88. The molecule has 3 nitrogen and oxygen atoms in total. The molecule has 0 aromatic rings. The Morgan fingerprint density at radius 2 is 2.45 bits per heavy atom. The van der Waals surface area contributed by atoms with Gasteiger partial charge in [0.2, 0.25) is 0 Å². The van der Waals surface area contributed by atoms with Gasteiger partial charge in [0.25, 0.3) is 0 Å². The molecule has 0 spiro atoms. The van der Waals surface area contributed by atoms with Gasteiger partial charge in [-0.1, -0.05) is 0 Å². The Bertz CT molecular complexity index is 125. The van der Waals surface area contributed by atoms with Crippen LogP contribution in [0.4, 0.5) is 0 Å². The van der Waals surface area contributed by atoms with Crippen LogP contribution in [0.3, 0.4) is 0 Å². The normalized spacial score (nSPS) is 39.0. The smallest absolute Gasteiger partial charge is 0.0686 e. The Balaban J connectivity index is 2.41. The molecule has 0 radical (unpaired) electrons. The van der Waals surface area contributed by atoms with Gasteiger partial charge in [-0.15, -0.1) is 0 Å². The first-order valence-electron chi connectivity index (χ1n) is 4.32. The van der Waals surface area contributed by atoms with Crippen LogP contribution in [-0.4, -0.2) is 29.8 Å². The van der Waals surface area contributed by atoms with Crippen molar-refractivity contribution in [2.24, 2.45) is 5.73 Å². The highest BCUT2D eigenvalue weighted by atomic mass is 16.3. The van der Waals surface area contributed by atoms with Crippen LogP contribution in [0.25, 0.3) is 0 Å². The predicted octanol–water partition coefficient (Wildman–Crippen LogP) is -0.162. The first-order chi connectivity index (χ1) is 5.16. The Labute approximate surface area is 68.0 Å². The molecule has 2 unspecified atom stereocenters. The second-order valence-electron chi connectivity index (χ2n) is 3.57. The fourth-order valence-corrected chi connectivity index (χ4v) is 1.79. The van der Waals surface area contributed by atoms with Crippen LogP contribution in [-0.2, 0) is 0 Å². The summed E-state index contributed by atoms with van der Waals surface area (Å²) in [5.41, 5.74) is 4.92. The van der Waals surface area contributed by atoms with E-state index < -0.39 is 5.60 Å². The summed E-state index contributed by atoms with van der Waals surface area (Å²) in [6.45, 7) is 3.60. The van der Waals surface area contributed by atoms with Gasteiger partial charge in [0.15, 0.2) is 0 Å². The van der Waals surface area contributed by atoms with E-state index in [1.165, 1.54) is 0 Å². The van der Waals surface area contributed by atoms with Crippen LogP contribution < -0.4 is 11.1 Å². The summed E-state index contributed by atoms with van der Waals surface area (Å²) in [4.78, 5) is 0. The molecular formula is C8H18N2O. The first kappa shape index (κ1) is 8.97. The Hall–Kier alpha value is -0.120. The van der Waals surface area contributed by atoms with Crippen molar-refractivity contribution in [3.63, 3.8) is 0 Å². The van der Waals surface area contributed by atoms with E-state index in [9.17, 15) is 5.11 Å². The van der Waals surface area contributed by atoms with Gasteiger partial charge in [-0.3, -0.25) is 0 Å². The van der Waals surface area contributed by atoms with Gasteiger partial charge < -0.3 is 16.2 Å². The van der Waals surface area contributed by atoms with Gasteiger partial charge in [0.05, 0.1) is 5.60 Å². The van der Waals surface area contributed by atoms with E-state index in [4.69, 9.17) is 5.73 Å². The van der Waals surface area contributed by atoms with E-state index in [0.717, 1.165) is 25.8 Å². The largest absolute Gasteiger partial charge is 0.390 e. The Morgan fingerprint density at radius 3 is 3.00 bits per heavy atom. The highest BCUT2D eigenvalue weighted by Gasteiger charge is 2.31. The number of aliphatic hydroxyl groups is 1. The average Bonchev–Trinajstić information content (AvgIpc) is 1.86. The molecular weight excluding hydrogens is 140 g/mol. The summed E-state index contributed by atoms with van der Waals surface area (Å²) < 4.78 is 0. The number of hydrogen-bond donors (Lipinski definition) is 3. The second kappa shape index (κ2) is 3.52. The van der Waals surface area contributed by atoms with E-state index in [-0.39, 0.29) is 0 Å². The van der Waals surface area contributed by atoms with Crippen LogP contribution in [0.1, 0.15) is 26.2 Å². The van der Waals surface area contributed by atoms with Crippen molar-refractivity contribution in [2.45, 2.75) is 37.8 Å². The third-order valence-electron chi connectivity index (χ3n) is 2.38. The minimum atomic E-state index is -0.487. The summed E-state index contributed by atoms with van der Waals surface area (Å²) in [6.07, 6.45) is 2.41. The number of piperidine rings is 1. The molecule has 11 heavy (non-hydrogen) atoms. The van der Waals surface area contributed by atoms with E-state index in [1.54, 1.807) is 0 Å². The standard InChI is InChI=1S/C8H18N2O/c1-7-6-8(11,2-4-9)3-5-10-7/h7,10-11H,2-6,9H2,1H3. The highest BCUT2D eigenvalue weighted by Crippen LogP contribution is 2.24. The maximum absolute atomic E-state index is 9.92. The van der Waals surface area contributed by atoms with Gasteiger partial charge in [-0.2, -0.15) is 0 Å². The van der Waals surface area contributed by atoms with Crippen LogP contribution in [0.5, 0.6) is 0 Å². The predicted molar refractivity (Wildman–Crippen MR) is 45.3 cm³/mol. The van der Waals surface area contributed by atoms with Gasteiger partial charge in [0.1, 0.15) is 0 Å². The van der Waals surface area contributed by atoms with Gasteiger partial charge in [0, 0.05) is 6.04 Å². The fraction of sp³-hybridized carbons (Fsp3) is 1.00. The lowest BCUT2D eigenvalue weighted by Crippen LogP contribution is -2.47. The zero-order valence-electron chi connectivity index (χ0n) is 7.14. The van der Waals surface area contributed by atoms with Crippen LogP contribution in [0, 0.1) is 0 Å². The van der Waals surface area contributed by atoms with E-state index in [2.05, 4.69) is 12.2 Å². The molecule has 0 bridgehead atoms. The minimum Gasteiger partial charge on any atom is -0.390 e. The lowest BCUT2D eigenvalue weighted by molar-refractivity contribution is -0.00696. The van der Waals surface area contributed by atoms with Crippen molar-refractivity contribution in [3.05, 3.63) is 0 Å². The van der Waals surface area contributed by atoms with Crippen molar-refractivity contribution in [3.8, 4) is 0 Å². The summed E-state index contributed by atoms with van der Waals surface area (Å²) in [5.74, 6) is 0. The number of nitrogens with two attached hydrogens (primary N) is 1. The summed E-state index contributed by atoms with van der Waals surface area (Å²) in [7, 11) is 0. The summed E-state index contributed by atoms with van der Waals surface area (Å²) >= 11 is 0. The van der Waals surface area contributed by atoms with Crippen molar-refractivity contribution in [1.29, 1.82) is 0 Å². The molecule has 66 valence electrons. The van der Waals surface area contributed by atoms with E-state index >= 15 is 0 Å². The molecule has 1 saturated heterocycles. The van der Waals surface area contributed by atoms with Crippen LogP contribution >= 0.6 is 0 Å². The van der Waals surface area contributed by atoms with Gasteiger partial charge in [-0.05, 0) is 39.3 Å². The Kier molecular flexibility index (Phi) is 2.87. The monoisotopic (exact) mass is 158 g/mol. The van der Waals surface area contributed by atoms with Crippen molar-refractivity contribution < 1.29 is 5.11 Å². The Morgan fingerprint density at radius 1 is 1.73 bits per heavy atom. The molecule has 0 amide bonds. The van der Waals surface area contributed by atoms with E-state index in [1.807, 2.05) is 0 Å².